The molecule has 1 aliphatic rings. The highest BCUT2D eigenvalue weighted by atomic mass is 35.5. The Hall–Kier alpha value is -1.10. The van der Waals surface area contributed by atoms with E-state index in [2.05, 4.69) is 17.4 Å². The molecule has 2 rings (SSSR count). The van der Waals surface area contributed by atoms with Crippen molar-refractivity contribution in [1.29, 1.82) is 0 Å². The summed E-state index contributed by atoms with van der Waals surface area (Å²) in [5.41, 5.74) is 1.19. The van der Waals surface area contributed by atoms with Crippen molar-refractivity contribution in [2.45, 2.75) is 25.5 Å². The summed E-state index contributed by atoms with van der Waals surface area (Å²) in [6, 6.07) is 10.0. The van der Waals surface area contributed by atoms with Crippen molar-refractivity contribution in [3.05, 3.63) is 35.9 Å². The van der Waals surface area contributed by atoms with Crippen molar-refractivity contribution in [3.8, 4) is 0 Å². The first-order chi connectivity index (χ1) is 9.29. The van der Waals surface area contributed by atoms with E-state index in [-0.39, 0.29) is 24.4 Å². The van der Waals surface area contributed by atoms with Gasteiger partial charge in [0.15, 0.2) is 0 Å². The highest BCUT2D eigenvalue weighted by Gasteiger charge is 2.26. The predicted octanol–water partition coefficient (Wildman–Crippen LogP) is 2.17. The normalized spacial score (nSPS) is 21.9. The minimum absolute atomic E-state index is 0. The molecular weight excluding hydrogens is 278 g/mol. The topological polar surface area (TPSA) is 47.6 Å². The fourth-order valence-electron chi connectivity index (χ4n) is 2.32. The number of esters is 1. The van der Waals surface area contributed by atoms with Gasteiger partial charge in [0.1, 0.15) is 6.04 Å². The number of carbonyl (C=O) groups excluding carboxylic acids is 1. The Morgan fingerprint density at radius 1 is 1.30 bits per heavy atom. The van der Waals surface area contributed by atoms with Crippen LogP contribution in [-0.2, 0) is 20.9 Å². The molecule has 0 amide bonds. The molecule has 0 aliphatic carbocycles. The Kier molecular flexibility index (Phi) is 7.59. The van der Waals surface area contributed by atoms with Gasteiger partial charge >= 0.3 is 5.97 Å². The molecule has 5 heteroatoms. The lowest BCUT2D eigenvalue weighted by Crippen LogP contribution is -2.45. The minimum atomic E-state index is -0.163. The van der Waals surface area contributed by atoms with Crippen LogP contribution in [0.2, 0.25) is 0 Å². The molecule has 0 saturated carbocycles. The van der Waals surface area contributed by atoms with Crippen molar-refractivity contribution >= 4 is 18.4 Å². The van der Waals surface area contributed by atoms with Crippen LogP contribution in [0.1, 0.15) is 18.4 Å². The summed E-state index contributed by atoms with van der Waals surface area (Å²) in [7, 11) is 1.43. The molecule has 20 heavy (non-hydrogen) atoms. The summed E-state index contributed by atoms with van der Waals surface area (Å²) >= 11 is 0. The lowest BCUT2D eigenvalue weighted by atomic mass is 9.95. The van der Waals surface area contributed by atoms with Crippen LogP contribution in [0.25, 0.3) is 0 Å². The predicted molar refractivity (Wildman–Crippen MR) is 79.9 cm³/mol. The fourth-order valence-corrected chi connectivity index (χ4v) is 2.32. The number of ether oxygens (including phenoxy) is 2. The summed E-state index contributed by atoms with van der Waals surface area (Å²) in [5, 5.41) is 3.21. The largest absolute Gasteiger partial charge is 0.468 e. The Morgan fingerprint density at radius 2 is 2.05 bits per heavy atom. The van der Waals surface area contributed by atoms with Crippen LogP contribution in [0.5, 0.6) is 0 Å². The standard InChI is InChI=1S/C15H21NO3.ClH/c1-18-15(17)14-8-7-13(9-16-14)11-19-10-12-5-3-2-4-6-12;/h2-6,13-14,16H,7-11H2,1H3;1H. The van der Waals surface area contributed by atoms with Crippen molar-refractivity contribution in [1.82, 2.24) is 5.32 Å². The van der Waals surface area contributed by atoms with Gasteiger partial charge in [-0.2, -0.15) is 0 Å². The molecule has 1 aliphatic heterocycles. The Morgan fingerprint density at radius 3 is 2.65 bits per heavy atom. The SMILES string of the molecule is COC(=O)C1CCC(COCc2ccccc2)CN1.Cl. The molecule has 0 spiro atoms. The number of benzene rings is 1. The highest BCUT2D eigenvalue weighted by Crippen LogP contribution is 2.16. The van der Waals surface area contributed by atoms with E-state index in [0.717, 1.165) is 26.0 Å². The third-order valence-corrected chi connectivity index (χ3v) is 3.47. The summed E-state index contributed by atoms with van der Waals surface area (Å²) in [6.45, 7) is 2.20. The van der Waals surface area contributed by atoms with Crippen LogP contribution >= 0.6 is 12.4 Å². The lowest BCUT2D eigenvalue weighted by Gasteiger charge is -2.28. The van der Waals surface area contributed by atoms with Gasteiger partial charge < -0.3 is 14.8 Å². The van der Waals surface area contributed by atoms with Crippen molar-refractivity contribution in [2.75, 3.05) is 20.3 Å². The Bertz CT molecular complexity index is 391. The zero-order valence-electron chi connectivity index (χ0n) is 11.7. The maximum Gasteiger partial charge on any atom is 0.322 e. The fraction of sp³-hybridized carbons (Fsp3) is 0.533. The van der Waals surface area contributed by atoms with E-state index >= 15 is 0 Å². The van der Waals surface area contributed by atoms with Gasteiger partial charge in [-0.15, -0.1) is 12.4 Å². The molecule has 1 fully saturated rings. The van der Waals surface area contributed by atoms with Gasteiger partial charge in [0.2, 0.25) is 0 Å². The van der Waals surface area contributed by atoms with Gasteiger partial charge in [0, 0.05) is 6.54 Å². The molecular formula is C15H22ClNO3. The van der Waals surface area contributed by atoms with Gasteiger partial charge in [-0.1, -0.05) is 30.3 Å². The van der Waals surface area contributed by atoms with E-state index in [1.54, 1.807) is 0 Å². The zero-order valence-corrected chi connectivity index (χ0v) is 12.5. The van der Waals surface area contributed by atoms with Crippen molar-refractivity contribution in [3.63, 3.8) is 0 Å². The van der Waals surface area contributed by atoms with E-state index < -0.39 is 0 Å². The first-order valence-electron chi connectivity index (χ1n) is 6.72. The van der Waals surface area contributed by atoms with Crippen LogP contribution < -0.4 is 5.32 Å². The van der Waals surface area contributed by atoms with Crippen LogP contribution in [0.3, 0.4) is 0 Å². The molecule has 1 heterocycles. The summed E-state index contributed by atoms with van der Waals surface area (Å²) in [6.07, 6.45) is 1.83. The second-order valence-electron chi connectivity index (χ2n) is 4.93. The number of methoxy groups -OCH3 is 1. The molecule has 112 valence electrons. The zero-order chi connectivity index (χ0) is 13.5. The van der Waals surface area contributed by atoms with E-state index in [1.807, 2.05) is 18.2 Å². The van der Waals surface area contributed by atoms with Crippen LogP contribution in [-0.4, -0.2) is 32.3 Å². The molecule has 1 N–H and O–H groups in total. The summed E-state index contributed by atoms with van der Waals surface area (Å²) in [5.74, 6) is 0.313. The number of hydrogen-bond donors (Lipinski definition) is 1. The number of piperidine rings is 1. The van der Waals surface area contributed by atoms with Crippen LogP contribution in [0.4, 0.5) is 0 Å². The number of rotatable bonds is 5. The maximum atomic E-state index is 11.4. The molecule has 1 aromatic rings. The van der Waals surface area contributed by atoms with E-state index in [1.165, 1.54) is 12.7 Å². The first kappa shape index (κ1) is 17.0. The molecule has 4 nitrogen and oxygen atoms in total. The second kappa shape index (κ2) is 8.95. The number of carbonyl (C=O) groups is 1. The van der Waals surface area contributed by atoms with Gasteiger partial charge in [-0.05, 0) is 24.3 Å². The molecule has 2 unspecified atom stereocenters. The average Bonchev–Trinajstić information content (AvgIpc) is 2.48. The molecule has 0 bridgehead atoms. The van der Waals surface area contributed by atoms with E-state index in [4.69, 9.17) is 9.47 Å². The molecule has 1 saturated heterocycles. The van der Waals surface area contributed by atoms with Gasteiger partial charge in [-0.3, -0.25) is 4.79 Å². The lowest BCUT2D eigenvalue weighted by molar-refractivity contribution is -0.144. The molecule has 1 aromatic carbocycles. The monoisotopic (exact) mass is 299 g/mol. The maximum absolute atomic E-state index is 11.4. The third-order valence-electron chi connectivity index (χ3n) is 3.47. The first-order valence-corrected chi connectivity index (χ1v) is 6.72. The molecule has 0 radical (unpaired) electrons. The van der Waals surface area contributed by atoms with E-state index in [9.17, 15) is 4.79 Å². The Balaban J connectivity index is 0.00000200. The average molecular weight is 300 g/mol. The molecule has 0 aromatic heterocycles. The third kappa shape index (κ3) is 5.12. The van der Waals surface area contributed by atoms with Gasteiger partial charge in [0.25, 0.3) is 0 Å². The summed E-state index contributed by atoms with van der Waals surface area (Å²) in [4.78, 5) is 11.4. The van der Waals surface area contributed by atoms with Crippen molar-refractivity contribution in [2.24, 2.45) is 5.92 Å². The second-order valence-corrected chi connectivity index (χ2v) is 4.93. The Labute approximate surface area is 126 Å². The summed E-state index contributed by atoms with van der Waals surface area (Å²) < 4.78 is 10.5. The minimum Gasteiger partial charge on any atom is -0.468 e. The van der Waals surface area contributed by atoms with Gasteiger partial charge in [-0.25, -0.2) is 0 Å². The number of hydrogen-bond acceptors (Lipinski definition) is 4. The van der Waals surface area contributed by atoms with Crippen LogP contribution in [0.15, 0.2) is 30.3 Å². The number of nitrogens with one attached hydrogen (secondary N) is 1. The number of halogens is 1. The highest BCUT2D eigenvalue weighted by molar-refractivity contribution is 5.85. The van der Waals surface area contributed by atoms with Gasteiger partial charge in [0.05, 0.1) is 20.3 Å². The van der Waals surface area contributed by atoms with Crippen LogP contribution in [0, 0.1) is 5.92 Å². The quantitative estimate of drug-likeness (QED) is 0.847. The molecule has 2 atom stereocenters. The van der Waals surface area contributed by atoms with Crippen molar-refractivity contribution < 1.29 is 14.3 Å². The van der Waals surface area contributed by atoms with E-state index in [0.29, 0.717) is 12.5 Å². The smallest absolute Gasteiger partial charge is 0.322 e.